The lowest BCUT2D eigenvalue weighted by molar-refractivity contribution is 0.196. The van der Waals surface area contributed by atoms with Crippen molar-refractivity contribution in [1.82, 2.24) is 0 Å². The molecule has 1 rings (SSSR count). The van der Waals surface area contributed by atoms with E-state index in [0.29, 0.717) is 5.56 Å². The number of nitrogens with two attached hydrogens (primary N) is 1. The fourth-order valence-electron chi connectivity index (χ4n) is 1.06. The molecule has 0 aliphatic rings. The first-order valence-corrected chi connectivity index (χ1v) is 6.57. The molecule has 0 aliphatic heterocycles. The number of benzene rings is 1. The highest BCUT2D eigenvalue weighted by molar-refractivity contribution is 9.10. The Morgan fingerprint density at radius 1 is 1.50 bits per heavy atom. The second-order valence-corrected chi connectivity index (χ2v) is 5.90. The molecule has 0 fully saturated rings. The summed E-state index contributed by atoms with van der Waals surface area (Å²) in [6.07, 6.45) is -0.357. The molecule has 0 spiro atoms. The van der Waals surface area contributed by atoms with Crippen molar-refractivity contribution in [2.24, 2.45) is 5.73 Å². The van der Waals surface area contributed by atoms with Crippen molar-refractivity contribution in [3.05, 3.63) is 28.2 Å². The van der Waals surface area contributed by atoms with Gasteiger partial charge in [-0.2, -0.15) is 0 Å². The highest BCUT2D eigenvalue weighted by Gasteiger charge is 2.12. The molecule has 16 heavy (non-hydrogen) atoms. The topological polar surface area (TPSA) is 70.1 Å². The smallest absolute Gasteiger partial charge is 0.122 e. The van der Waals surface area contributed by atoms with Crippen molar-refractivity contribution >= 4 is 33.5 Å². The van der Waals surface area contributed by atoms with Crippen LogP contribution in [0.25, 0.3) is 0 Å². The van der Waals surface area contributed by atoms with E-state index in [1.165, 1.54) is 0 Å². The van der Waals surface area contributed by atoms with E-state index in [2.05, 4.69) is 15.9 Å². The molecule has 1 aromatic rings. The van der Waals surface area contributed by atoms with Crippen LogP contribution in [0.3, 0.4) is 0 Å². The summed E-state index contributed by atoms with van der Waals surface area (Å²) in [5.74, 6) is 0.0563. The van der Waals surface area contributed by atoms with Gasteiger partial charge < -0.3 is 10.8 Å². The van der Waals surface area contributed by atoms with Crippen LogP contribution in [-0.4, -0.2) is 22.3 Å². The van der Waals surface area contributed by atoms with Crippen LogP contribution in [0.4, 0.5) is 0 Å². The summed E-state index contributed by atoms with van der Waals surface area (Å²) < 4.78 is 0.901. The zero-order valence-corrected chi connectivity index (χ0v) is 11.6. The SMILES string of the molecule is CC(O)C(C)Sc1ccc(C(=N)N)cc1Br. The van der Waals surface area contributed by atoms with Crippen LogP contribution in [0.15, 0.2) is 27.6 Å². The fourth-order valence-corrected chi connectivity index (χ4v) is 2.64. The molecule has 3 nitrogen and oxygen atoms in total. The minimum absolute atomic E-state index is 0.0563. The third-order valence-corrected chi connectivity index (χ3v) is 4.53. The largest absolute Gasteiger partial charge is 0.392 e. The van der Waals surface area contributed by atoms with Crippen LogP contribution < -0.4 is 5.73 Å². The normalized spacial score (nSPS) is 14.5. The highest BCUT2D eigenvalue weighted by Crippen LogP contribution is 2.32. The molecule has 0 aromatic heterocycles. The molecule has 0 saturated carbocycles. The van der Waals surface area contributed by atoms with Gasteiger partial charge >= 0.3 is 0 Å². The molecule has 0 bridgehead atoms. The van der Waals surface area contributed by atoms with Crippen molar-refractivity contribution in [2.45, 2.75) is 30.1 Å². The molecule has 0 heterocycles. The first-order valence-electron chi connectivity index (χ1n) is 4.90. The molecule has 88 valence electrons. The lowest BCUT2D eigenvalue weighted by Crippen LogP contribution is -2.15. The van der Waals surface area contributed by atoms with E-state index in [0.717, 1.165) is 9.37 Å². The number of amidine groups is 1. The average Bonchev–Trinajstić information content (AvgIpc) is 2.20. The first-order chi connectivity index (χ1) is 7.41. The molecule has 0 amide bonds. The maximum atomic E-state index is 9.43. The Morgan fingerprint density at radius 3 is 2.56 bits per heavy atom. The predicted molar refractivity (Wildman–Crippen MR) is 72.2 cm³/mol. The number of thioether (sulfide) groups is 1. The third-order valence-electron chi connectivity index (χ3n) is 2.24. The number of nitrogen functional groups attached to an aromatic ring is 1. The zero-order valence-electron chi connectivity index (χ0n) is 9.20. The van der Waals surface area contributed by atoms with Crippen LogP contribution in [0.2, 0.25) is 0 Å². The Morgan fingerprint density at radius 2 is 2.12 bits per heavy atom. The molecular weight excluding hydrogens is 288 g/mol. The maximum Gasteiger partial charge on any atom is 0.122 e. The summed E-state index contributed by atoms with van der Waals surface area (Å²) in [5, 5.41) is 16.9. The molecule has 1 aromatic carbocycles. The number of hydrogen-bond donors (Lipinski definition) is 3. The Bertz CT molecular complexity index is 396. The Hall–Kier alpha value is -0.520. The molecular formula is C11H15BrN2OS. The van der Waals surface area contributed by atoms with Crippen molar-refractivity contribution in [2.75, 3.05) is 0 Å². The highest BCUT2D eigenvalue weighted by atomic mass is 79.9. The van der Waals surface area contributed by atoms with Crippen LogP contribution in [0.5, 0.6) is 0 Å². The zero-order chi connectivity index (χ0) is 12.3. The third kappa shape index (κ3) is 3.50. The van der Waals surface area contributed by atoms with Crippen molar-refractivity contribution < 1.29 is 5.11 Å². The van der Waals surface area contributed by atoms with Gasteiger partial charge in [0.2, 0.25) is 0 Å². The van der Waals surface area contributed by atoms with Gasteiger partial charge in [-0.05, 0) is 35.0 Å². The predicted octanol–water partition coefficient (Wildman–Crippen LogP) is 2.59. The van der Waals surface area contributed by atoms with Gasteiger partial charge in [0.15, 0.2) is 0 Å². The summed E-state index contributed by atoms with van der Waals surface area (Å²) in [6.45, 7) is 3.75. The molecule has 0 radical (unpaired) electrons. The maximum absolute atomic E-state index is 9.43. The van der Waals surface area contributed by atoms with Crippen molar-refractivity contribution in [3.8, 4) is 0 Å². The van der Waals surface area contributed by atoms with Crippen molar-refractivity contribution in [3.63, 3.8) is 0 Å². The minimum Gasteiger partial charge on any atom is -0.392 e. The van der Waals surface area contributed by atoms with E-state index in [9.17, 15) is 5.11 Å². The van der Waals surface area contributed by atoms with E-state index >= 15 is 0 Å². The van der Waals surface area contributed by atoms with E-state index in [4.69, 9.17) is 11.1 Å². The van der Waals surface area contributed by atoms with Gasteiger partial charge in [0, 0.05) is 20.2 Å². The number of hydrogen-bond acceptors (Lipinski definition) is 3. The van der Waals surface area contributed by atoms with E-state index in [1.54, 1.807) is 18.7 Å². The van der Waals surface area contributed by atoms with Crippen LogP contribution >= 0.6 is 27.7 Å². The van der Waals surface area contributed by atoms with Gasteiger partial charge in [0.1, 0.15) is 5.84 Å². The Balaban J connectivity index is 2.87. The number of halogens is 1. The summed E-state index contributed by atoms with van der Waals surface area (Å²) in [5.41, 5.74) is 6.09. The molecule has 2 unspecified atom stereocenters. The standard InChI is InChI=1S/C11H15BrN2OS/c1-6(15)7(2)16-10-4-3-8(11(13)14)5-9(10)12/h3-7,15H,1-2H3,(H3,13,14). The number of aliphatic hydroxyl groups is 1. The first kappa shape index (κ1) is 13.5. The van der Waals surface area contributed by atoms with Gasteiger partial charge in [-0.25, -0.2) is 0 Å². The second-order valence-electron chi connectivity index (χ2n) is 3.62. The number of nitrogens with one attached hydrogen (secondary N) is 1. The summed E-state index contributed by atoms with van der Waals surface area (Å²) >= 11 is 5.03. The van der Waals surface area contributed by atoms with E-state index < -0.39 is 0 Å². The molecule has 2 atom stereocenters. The van der Waals surface area contributed by atoms with Gasteiger partial charge in [0.05, 0.1) is 6.10 Å². The van der Waals surface area contributed by atoms with Gasteiger partial charge in [-0.1, -0.05) is 13.0 Å². The van der Waals surface area contributed by atoms with E-state index in [1.807, 2.05) is 25.1 Å². The van der Waals surface area contributed by atoms with Crippen LogP contribution in [0.1, 0.15) is 19.4 Å². The number of rotatable bonds is 4. The van der Waals surface area contributed by atoms with E-state index in [-0.39, 0.29) is 17.2 Å². The Kier molecular flexibility index (Phi) is 4.83. The lowest BCUT2D eigenvalue weighted by atomic mass is 10.2. The molecule has 5 heteroatoms. The average molecular weight is 303 g/mol. The van der Waals surface area contributed by atoms with Crippen LogP contribution in [-0.2, 0) is 0 Å². The van der Waals surface area contributed by atoms with Crippen molar-refractivity contribution in [1.29, 1.82) is 5.41 Å². The Labute approximate surface area is 108 Å². The molecule has 4 N–H and O–H groups in total. The van der Waals surface area contributed by atoms with Gasteiger partial charge in [0.25, 0.3) is 0 Å². The second kappa shape index (κ2) is 5.70. The fraction of sp³-hybridized carbons (Fsp3) is 0.364. The summed E-state index contributed by atoms with van der Waals surface area (Å²) in [6, 6.07) is 5.54. The van der Waals surface area contributed by atoms with Gasteiger partial charge in [-0.15, -0.1) is 11.8 Å². The monoisotopic (exact) mass is 302 g/mol. The quantitative estimate of drug-likeness (QED) is 0.455. The molecule has 0 aliphatic carbocycles. The number of aliphatic hydroxyl groups excluding tert-OH is 1. The lowest BCUT2D eigenvalue weighted by Gasteiger charge is -2.15. The summed E-state index contributed by atoms with van der Waals surface area (Å²) in [7, 11) is 0. The minimum atomic E-state index is -0.357. The van der Waals surface area contributed by atoms with Gasteiger partial charge in [-0.3, -0.25) is 5.41 Å². The summed E-state index contributed by atoms with van der Waals surface area (Å²) in [4.78, 5) is 1.04. The van der Waals surface area contributed by atoms with Crippen LogP contribution in [0, 0.1) is 5.41 Å². The molecule has 0 saturated heterocycles.